The van der Waals surface area contributed by atoms with E-state index in [-0.39, 0.29) is 5.91 Å². The zero-order valence-electron chi connectivity index (χ0n) is 16.2. The van der Waals surface area contributed by atoms with E-state index in [1.165, 1.54) is 12.8 Å². The molecule has 2 bridgehead atoms. The molecule has 1 aromatic rings. The lowest BCUT2D eigenvalue weighted by molar-refractivity contribution is -0.122. The van der Waals surface area contributed by atoms with Crippen LogP contribution in [0.4, 0.5) is 0 Å². The summed E-state index contributed by atoms with van der Waals surface area (Å²) < 4.78 is 5.74. The Labute approximate surface area is 157 Å². The molecule has 144 valence electrons. The summed E-state index contributed by atoms with van der Waals surface area (Å²) in [6.07, 6.45) is 6.57. The van der Waals surface area contributed by atoms with Crippen LogP contribution < -0.4 is 15.4 Å². The summed E-state index contributed by atoms with van der Waals surface area (Å²) in [7, 11) is 4.14. The van der Waals surface area contributed by atoms with Gasteiger partial charge >= 0.3 is 0 Å². The standard InChI is InChI=1S/C21H33N3O2/c1-24(2)10-3-11-26-20-8-4-16(5-9-20)15-22-21(25)14-17-12-18-6-7-19(13-17)23-18/h4-5,8-9,17-19,23H,3,6-7,10-15H2,1-2H3,(H,22,25). The third-order valence-corrected chi connectivity index (χ3v) is 5.48. The molecule has 2 unspecified atom stereocenters. The number of amides is 1. The molecule has 2 fully saturated rings. The zero-order chi connectivity index (χ0) is 18.4. The molecule has 2 saturated heterocycles. The van der Waals surface area contributed by atoms with Gasteiger partial charge in [-0.15, -0.1) is 0 Å². The summed E-state index contributed by atoms with van der Waals surface area (Å²) in [5, 5.41) is 6.71. The third kappa shape index (κ3) is 5.99. The van der Waals surface area contributed by atoms with Crippen molar-refractivity contribution in [3.8, 4) is 5.75 Å². The second kappa shape index (κ2) is 9.38. The number of piperidine rings is 1. The SMILES string of the molecule is CN(C)CCCOc1ccc(CNC(=O)CC2CC3CCC(C2)N3)cc1. The van der Waals surface area contributed by atoms with E-state index in [2.05, 4.69) is 29.6 Å². The van der Waals surface area contributed by atoms with Gasteiger partial charge < -0.3 is 20.3 Å². The van der Waals surface area contributed by atoms with Crippen LogP contribution in [0.2, 0.25) is 0 Å². The summed E-state index contributed by atoms with van der Waals surface area (Å²) in [4.78, 5) is 14.4. The van der Waals surface area contributed by atoms with Gasteiger partial charge in [-0.05, 0) is 69.8 Å². The number of fused-ring (bicyclic) bond motifs is 2. The van der Waals surface area contributed by atoms with Gasteiger partial charge in [-0.1, -0.05) is 12.1 Å². The highest BCUT2D eigenvalue weighted by molar-refractivity contribution is 5.76. The lowest BCUT2D eigenvalue weighted by Gasteiger charge is -2.28. The maximum Gasteiger partial charge on any atom is 0.220 e. The number of carbonyl (C=O) groups is 1. The first-order valence-corrected chi connectivity index (χ1v) is 9.97. The Morgan fingerprint density at radius 3 is 2.54 bits per heavy atom. The van der Waals surface area contributed by atoms with Gasteiger partial charge in [0.2, 0.25) is 5.91 Å². The van der Waals surface area contributed by atoms with E-state index in [1.807, 2.05) is 24.3 Å². The van der Waals surface area contributed by atoms with Gasteiger partial charge in [0.05, 0.1) is 6.61 Å². The van der Waals surface area contributed by atoms with E-state index in [9.17, 15) is 4.79 Å². The minimum Gasteiger partial charge on any atom is -0.494 e. The van der Waals surface area contributed by atoms with Crippen molar-refractivity contribution in [1.29, 1.82) is 0 Å². The van der Waals surface area contributed by atoms with Crippen molar-refractivity contribution in [1.82, 2.24) is 15.5 Å². The quantitative estimate of drug-likeness (QED) is 0.666. The molecule has 2 atom stereocenters. The van der Waals surface area contributed by atoms with Crippen molar-refractivity contribution in [3.63, 3.8) is 0 Å². The fraction of sp³-hybridized carbons (Fsp3) is 0.667. The average Bonchev–Trinajstić information content (AvgIpc) is 2.96. The van der Waals surface area contributed by atoms with Crippen LogP contribution in [-0.2, 0) is 11.3 Å². The Hall–Kier alpha value is -1.59. The van der Waals surface area contributed by atoms with E-state index in [0.29, 0.717) is 31.0 Å². The Kier molecular flexibility index (Phi) is 6.92. The summed E-state index contributed by atoms with van der Waals surface area (Å²) in [5.74, 6) is 1.62. The van der Waals surface area contributed by atoms with E-state index < -0.39 is 0 Å². The van der Waals surface area contributed by atoms with Gasteiger partial charge in [0.25, 0.3) is 0 Å². The first-order chi connectivity index (χ1) is 12.6. The fourth-order valence-corrected chi connectivity index (χ4v) is 4.15. The number of benzene rings is 1. The minimum absolute atomic E-state index is 0.181. The first kappa shape index (κ1) is 19.2. The zero-order valence-corrected chi connectivity index (χ0v) is 16.2. The molecule has 1 aromatic carbocycles. The van der Waals surface area contributed by atoms with Crippen molar-refractivity contribution >= 4 is 5.91 Å². The molecule has 5 heteroatoms. The predicted octanol–water partition coefficient (Wildman–Crippen LogP) is 2.55. The number of rotatable bonds is 9. The highest BCUT2D eigenvalue weighted by Gasteiger charge is 2.34. The Balaban J connectivity index is 1.34. The number of nitrogens with zero attached hydrogens (tertiary/aromatic N) is 1. The summed E-state index contributed by atoms with van der Waals surface area (Å²) in [6, 6.07) is 9.34. The average molecular weight is 360 g/mol. The van der Waals surface area contributed by atoms with E-state index in [1.54, 1.807) is 0 Å². The van der Waals surface area contributed by atoms with Gasteiger partial charge in [0.1, 0.15) is 5.75 Å². The van der Waals surface area contributed by atoms with Gasteiger partial charge in [-0.2, -0.15) is 0 Å². The van der Waals surface area contributed by atoms with Gasteiger partial charge in [0.15, 0.2) is 0 Å². The number of carbonyl (C=O) groups excluding carboxylic acids is 1. The van der Waals surface area contributed by atoms with Crippen LogP contribution in [0.25, 0.3) is 0 Å². The molecule has 2 aliphatic rings. The van der Waals surface area contributed by atoms with E-state index >= 15 is 0 Å². The fourth-order valence-electron chi connectivity index (χ4n) is 4.15. The second-order valence-corrected chi connectivity index (χ2v) is 8.11. The third-order valence-electron chi connectivity index (χ3n) is 5.48. The molecule has 5 nitrogen and oxygen atoms in total. The molecule has 0 saturated carbocycles. The van der Waals surface area contributed by atoms with Crippen LogP contribution >= 0.6 is 0 Å². The molecule has 0 aromatic heterocycles. The number of hydrogen-bond donors (Lipinski definition) is 2. The highest BCUT2D eigenvalue weighted by atomic mass is 16.5. The summed E-state index contributed by atoms with van der Waals surface area (Å²) >= 11 is 0. The molecule has 3 rings (SSSR count). The predicted molar refractivity (Wildman–Crippen MR) is 104 cm³/mol. The molecule has 2 aliphatic heterocycles. The molecular weight excluding hydrogens is 326 g/mol. The van der Waals surface area contributed by atoms with Crippen LogP contribution in [0.15, 0.2) is 24.3 Å². The Morgan fingerprint density at radius 2 is 1.88 bits per heavy atom. The van der Waals surface area contributed by atoms with Crippen molar-refractivity contribution in [3.05, 3.63) is 29.8 Å². The highest BCUT2D eigenvalue weighted by Crippen LogP contribution is 2.32. The Bertz CT molecular complexity index is 561. The topological polar surface area (TPSA) is 53.6 Å². The van der Waals surface area contributed by atoms with Crippen LogP contribution in [0.1, 0.15) is 44.1 Å². The van der Waals surface area contributed by atoms with Crippen LogP contribution in [-0.4, -0.2) is 50.1 Å². The molecule has 2 heterocycles. The smallest absolute Gasteiger partial charge is 0.220 e. The van der Waals surface area contributed by atoms with Crippen LogP contribution in [0.5, 0.6) is 5.75 Å². The van der Waals surface area contributed by atoms with Crippen molar-refractivity contribution < 1.29 is 9.53 Å². The normalized spacial score (nSPS) is 24.7. The molecular formula is C21H33N3O2. The largest absolute Gasteiger partial charge is 0.494 e. The molecule has 2 N–H and O–H groups in total. The maximum absolute atomic E-state index is 12.3. The van der Waals surface area contributed by atoms with Crippen LogP contribution in [0, 0.1) is 5.92 Å². The number of nitrogens with one attached hydrogen (secondary N) is 2. The van der Waals surface area contributed by atoms with Gasteiger partial charge in [-0.25, -0.2) is 0 Å². The van der Waals surface area contributed by atoms with Gasteiger partial charge in [0, 0.05) is 31.6 Å². The molecule has 0 spiro atoms. The lowest BCUT2D eigenvalue weighted by Crippen LogP contribution is -2.39. The summed E-state index contributed by atoms with van der Waals surface area (Å²) in [5.41, 5.74) is 1.12. The molecule has 26 heavy (non-hydrogen) atoms. The van der Waals surface area contributed by atoms with Crippen molar-refractivity contribution in [2.75, 3.05) is 27.2 Å². The van der Waals surface area contributed by atoms with Crippen molar-refractivity contribution in [2.45, 2.75) is 57.2 Å². The van der Waals surface area contributed by atoms with E-state index in [4.69, 9.17) is 4.74 Å². The molecule has 1 amide bonds. The van der Waals surface area contributed by atoms with E-state index in [0.717, 1.165) is 43.7 Å². The lowest BCUT2D eigenvalue weighted by atomic mass is 9.89. The van der Waals surface area contributed by atoms with Crippen LogP contribution in [0.3, 0.4) is 0 Å². The molecule has 0 radical (unpaired) electrons. The second-order valence-electron chi connectivity index (χ2n) is 8.11. The van der Waals surface area contributed by atoms with Gasteiger partial charge in [-0.3, -0.25) is 4.79 Å². The minimum atomic E-state index is 0.181. The summed E-state index contributed by atoms with van der Waals surface area (Å²) in [6.45, 7) is 2.35. The monoisotopic (exact) mass is 359 g/mol. The van der Waals surface area contributed by atoms with Crippen molar-refractivity contribution in [2.24, 2.45) is 5.92 Å². The Morgan fingerprint density at radius 1 is 1.19 bits per heavy atom. The molecule has 0 aliphatic carbocycles. The number of hydrogen-bond acceptors (Lipinski definition) is 4. The maximum atomic E-state index is 12.3. The number of ether oxygens (including phenoxy) is 1. The first-order valence-electron chi connectivity index (χ1n) is 9.97.